The second-order valence-electron chi connectivity index (χ2n) is 9.66. The van der Waals surface area contributed by atoms with Crippen LogP contribution in [0.1, 0.15) is 41.0 Å². The maximum absolute atomic E-state index is 13.9. The van der Waals surface area contributed by atoms with E-state index in [1.165, 1.54) is 18.3 Å². The second kappa shape index (κ2) is 10.5. The Hall–Kier alpha value is -4.49. The quantitative estimate of drug-likeness (QED) is 0.258. The largest absolute Gasteiger partial charge is 0.486 e. The Balaban J connectivity index is 1.59. The van der Waals surface area contributed by atoms with Gasteiger partial charge in [-0.2, -0.15) is 0 Å². The molecule has 0 atom stereocenters. The lowest BCUT2D eigenvalue weighted by Crippen LogP contribution is -2.20. The molecule has 0 saturated carbocycles. The maximum Gasteiger partial charge on any atom is 0.276 e. The number of carbonyl (C=O) groups is 1. The topological polar surface area (TPSA) is 76.4 Å². The van der Waals surface area contributed by atoms with Gasteiger partial charge in [0, 0.05) is 23.7 Å². The van der Waals surface area contributed by atoms with Crippen molar-refractivity contribution in [2.45, 2.75) is 32.6 Å². The molecule has 192 valence electrons. The fourth-order valence-electron chi connectivity index (χ4n) is 4.34. The van der Waals surface area contributed by atoms with E-state index in [9.17, 15) is 14.3 Å². The Bertz CT molecular complexity index is 1570. The molecule has 2 aromatic heterocycles. The van der Waals surface area contributed by atoms with Gasteiger partial charge in [-0.25, -0.2) is 4.39 Å². The molecule has 1 amide bonds. The molecular formula is C31H28FN3O3. The van der Waals surface area contributed by atoms with E-state index in [2.05, 4.69) is 10.3 Å². The highest BCUT2D eigenvalue weighted by molar-refractivity contribution is 6.10. The first-order valence-electron chi connectivity index (χ1n) is 12.3. The molecule has 38 heavy (non-hydrogen) atoms. The summed E-state index contributed by atoms with van der Waals surface area (Å²) in [5.41, 5.74) is 2.85. The number of halogens is 1. The molecule has 0 aliphatic rings. The fraction of sp³-hybridized carbons (Fsp3) is 0.161. The standard InChI is InChI=1S/C31H28FN3O3/c1-31(2,37)23-16-25(18-33-17-23)34-30(36)28-29(38-20-22-8-4-3-5-9-22)26-10-6-7-11-27(26)35(28)19-21-12-14-24(32)15-13-21/h3-18,37H,19-20H2,1-2H3,(H,34,36). The van der Waals surface area contributed by atoms with Crippen molar-refractivity contribution in [3.05, 3.63) is 126 Å². The first kappa shape index (κ1) is 25.2. The summed E-state index contributed by atoms with van der Waals surface area (Å²) < 4.78 is 21.8. The Kier molecular flexibility index (Phi) is 6.94. The highest BCUT2D eigenvalue weighted by Gasteiger charge is 2.25. The molecule has 0 fully saturated rings. The van der Waals surface area contributed by atoms with Gasteiger partial charge >= 0.3 is 0 Å². The van der Waals surface area contributed by atoms with Gasteiger partial charge in [-0.1, -0.05) is 54.6 Å². The van der Waals surface area contributed by atoms with E-state index in [1.807, 2.05) is 59.2 Å². The zero-order chi connectivity index (χ0) is 26.7. The summed E-state index contributed by atoms with van der Waals surface area (Å²) in [5.74, 6) is -0.258. The van der Waals surface area contributed by atoms with Crippen LogP contribution >= 0.6 is 0 Å². The van der Waals surface area contributed by atoms with E-state index in [0.717, 1.165) is 22.0 Å². The number of ether oxygens (including phenoxy) is 1. The predicted molar refractivity (Wildman–Crippen MR) is 146 cm³/mol. The van der Waals surface area contributed by atoms with Crippen molar-refractivity contribution in [2.75, 3.05) is 5.32 Å². The van der Waals surface area contributed by atoms with Crippen LogP contribution in [-0.4, -0.2) is 20.6 Å². The second-order valence-corrected chi connectivity index (χ2v) is 9.66. The van der Waals surface area contributed by atoms with Crippen molar-refractivity contribution < 1.29 is 19.0 Å². The lowest BCUT2D eigenvalue weighted by molar-refractivity contribution is 0.0782. The van der Waals surface area contributed by atoms with Crippen LogP contribution < -0.4 is 10.1 Å². The van der Waals surface area contributed by atoms with Crippen LogP contribution in [0.15, 0.2) is 97.3 Å². The molecule has 0 bridgehead atoms. The Morgan fingerprint density at radius 3 is 2.42 bits per heavy atom. The number of aromatic nitrogens is 2. The average Bonchev–Trinajstić information content (AvgIpc) is 3.22. The van der Waals surface area contributed by atoms with Gasteiger partial charge in [0.1, 0.15) is 12.4 Å². The number of rotatable bonds is 8. The van der Waals surface area contributed by atoms with Crippen molar-refractivity contribution in [1.82, 2.24) is 9.55 Å². The molecule has 3 aromatic carbocycles. The predicted octanol–water partition coefficient (Wildman–Crippen LogP) is 6.28. The van der Waals surface area contributed by atoms with Crippen LogP contribution in [0.4, 0.5) is 10.1 Å². The molecule has 0 radical (unpaired) electrons. The maximum atomic E-state index is 13.9. The average molecular weight is 510 g/mol. The number of aliphatic hydroxyl groups is 1. The molecule has 0 saturated heterocycles. The van der Waals surface area contributed by atoms with Crippen molar-refractivity contribution in [1.29, 1.82) is 0 Å². The smallest absolute Gasteiger partial charge is 0.276 e. The molecule has 2 heterocycles. The number of anilines is 1. The van der Waals surface area contributed by atoms with E-state index in [1.54, 1.807) is 38.2 Å². The molecule has 0 aliphatic heterocycles. The Morgan fingerprint density at radius 2 is 1.68 bits per heavy atom. The minimum Gasteiger partial charge on any atom is -0.486 e. The number of hydrogen-bond donors (Lipinski definition) is 2. The number of fused-ring (bicyclic) bond motifs is 1. The molecule has 6 nitrogen and oxygen atoms in total. The van der Waals surface area contributed by atoms with Crippen molar-refractivity contribution in [3.63, 3.8) is 0 Å². The normalized spacial score (nSPS) is 11.5. The van der Waals surface area contributed by atoms with Crippen LogP contribution in [0.25, 0.3) is 10.9 Å². The summed E-state index contributed by atoms with van der Waals surface area (Å²) in [6.07, 6.45) is 3.10. The van der Waals surface area contributed by atoms with Gasteiger partial charge in [0.2, 0.25) is 0 Å². The number of para-hydroxylation sites is 1. The van der Waals surface area contributed by atoms with Crippen LogP contribution in [0.2, 0.25) is 0 Å². The molecule has 0 spiro atoms. The Morgan fingerprint density at radius 1 is 0.974 bits per heavy atom. The zero-order valence-corrected chi connectivity index (χ0v) is 21.2. The van der Waals surface area contributed by atoms with Gasteiger partial charge < -0.3 is 19.7 Å². The lowest BCUT2D eigenvalue weighted by atomic mass is 10.0. The van der Waals surface area contributed by atoms with Gasteiger partial charge in [-0.15, -0.1) is 0 Å². The van der Waals surface area contributed by atoms with Crippen LogP contribution in [0, 0.1) is 5.82 Å². The van der Waals surface area contributed by atoms with Crippen LogP contribution in [-0.2, 0) is 18.8 Å². The fourth-order valence-corrected chi connectivity index (χ4v) is 4.34. The van der Waals surface area contributed by atoms with Crippen LogP contribution in [0.3, 0.4) is 0 Å². The van der Waals surface area contributed by atoms with Gasteiger partial charge in [0.25, 0.3) is 5.91 Å². The van der Waals surface area contributed by atoms with E-state index >= 15 is 0 Å². The first-order chi connectivity index (χ1) is 18.3. The number of nitrogens with one attached hydrogen (secondary N) is 1. The van der Waals surface area contributed by atoms with Gasteiger partial charge in [0.15, 0.2) is 11.4 Å². The third-order valence-corrected chi connectivity index (χ3v) is 6.32. The number of nitrogens with zero attached hydrogens (tertiary/aromatic N) is 2. The monoisotopic (exact) mass is 509 g/mol. The van der Waals surface area contributed by atoms with Crippen molar-refractivity contribution in [3.8, 4) is 5.75 Å². The van der Waals surface area contributed by atoms with Gasteiger partial charge in [-0.3, -0.25) is 9.78 Å². The summed E-state index contributed by atoms with van der Waals surface area (Å²) in [6.45, 7) is 3.93. The molecular weight excluding hydrogens is 481 g/mol. The highest BCUT2D eigenvalue weighted by Crippen LogP contribution is 2.35. The third-order valence-electron chi connectivity index (χ3n) is 6.32. The highest BCUT2D eigenvalue weighted by atomic mass is 19.1. The minimum atomic E-state index is -1.12. The molecule has 7 heteroatoms. The molecule has 0 aliphatic carbocycles. The number of pyridine rings is 1. The van der Waals surface area contributed by atoms with Gasteiger partial charge in [-0.05, 0) is 55.3 Å². The summed E-state index contributed by atoms with van der Waals surface area (Å²) in [6, 6.07) is 25.3. The number of carbonyl (C=O) groups excluding carboxylic acids is 1. The molecule has 2 N–H and O–H groups in total. The summed E-state index contributed by atoms with van der Waals surface area (Å²) >= 11 is 0. The zero-order valence-electron chi connectivity index (χ0n) is 21.2. The summed E-state index contributed by atoms with van der Waals surface area (Å²) in [4.78, 5) is 18.1. The van der Waals surface area contributed by atoms with E-state index < -0.39 is 5.60 Å². The first-order valence-corrected chi connectivity index (χ1v) is 12.3. The summed E-state index contributed by atoms with van der Waals surface area (Å²) in [7, 11) is 0. The molecule has 5 rings (SSSR count). The SMILES string of the molecule is CC(C)(O)c1cncc(NC(=O)c2c(OCc3ccccc3)c3ccccc3n2Cc2ccc(F)cc2)c1. The van der Waals surface area contributed by atoms with Gasteiger partial charge in [0.05, 0.1) is 23.0 Å². The number of hydrogen-bond acceptors (Lipinski definition) is 4. The Labute approximate surface area is 220 Å². The minimum absolute atomic E-state index is 0.279. The third kappa shape index (κ3) is 5.43. The lowest BCUT2D eigenvalue weighted by Gasteiger charge is -2.18. The van der Waals surface area contributed by atoms with Crippen molar-refractivity contribution in [2.24, 2.45) is 0 Å². The molecule has 5 aromatic rings. The number of benzene rings is 3. The summed E-state index contributed by atoms with van der Waals surface area (Å²) in [5, 5.41) is 14.1. The molecule has 0 unspecified atom stereocenters. The van der Waals surface area contributed by atoms with E-state index in [4.69, 9.17) is 4.74 Å². The van der Waals surface area contributed by atoms with Crippen LogP contribution in [0.5, 0.6) is 5.75 Å². The van der Waals surface area contributed by atoms with E-state index in [0.29, 0.717) is 29.2 Å². The van der Waals surface area contributed by atoms with Crippen molar-refractivity contribution >= 4 is 22.5 Å². The van der Waals surface area contributed by atoms with E-state index in [-0.39, 0.29) is 18.3 Å². The number of amides is 1.